The number of anilines is 2. The smallest absolute Gasteiger partial charge is 0.244 e. The summed E-state index contributed by atoms with van der Waals surface area (Å²) in [5.41, 5.74) is 1.52. The SMILES string of the molecule is CN(CC(=O)Nc1ccc(C#N)c(Cl)c1)C1CCN(c2ccccc2Cl)C1=O. The lowest BCUT2D eigenvalue weighted by Crippen LogP contribution is -2.43. The topological polar surface area (TPSA) is 76.4 Å². The molecule has 1 aliphatic rings. The van der Waals surface area contributed by atoms with Crippen LogP contribution in [0, 0.1) is 11.3 Å². The highest BCUT2D eigenvalue weighted by molar-refractivity contribution is 6.34. The van der Waals surface area contributed by atoms with E-state index in [0.717, 1.165) is 0 Å². The van der Waals surface area contributed by atoms with Gasteiger partial charge in [0.1, 0.15) is 6.07 Å². The minimum Gasteiger partial charge on any atom is -0.325 e. The second-order valence-corrected chi connectivity index (χ2v) is 7.33. The Bertz CT molecular complexity index is 957. The Morgan fingerprint density at radius 3 is 2.71 bits per heavy atom. The fraction of sp³-hybridized carbons (Fsp3) is 0.250. The average Bonchev–Trinajstić information content (AvgIpc) is 3.03. The summed E-state index contributed by atoms with van der Waals surface area (Å²) in [7, 11) is 1.74. The van der Waals surface area contributed by atoms with Gasteiger partial charge in [-0.2, -0.15) is 5.26 Å². The summed E-state index contributed by atoms with van der Waals surface area (Å²) < 4.78 is 0. The zero-order chi connectivity index (χ0) is 20.3. The first-order valence-electron chi connectivity index (χ1n) is 8.66. The van der Waals surface area contributed by atoms with Crippen LogP contribution in [0.2, 0.25) is 10.0 Å². The number of carbonyl (C=O) groups is 2. The van der Waals surface area contributed by atoms with Gasteiger partial charge in [-0.3, -0.25) is 14.5 Å². The summed E-state index contributed by atoms with van der Waals surface area (Å²) in [5, 5.41) is 12.4. The molecule has 0 saturated carbocycles. The van der Waals surface area contributed by atoms with Crippen molar-refractivity contribution in [1.82, 2.24) is 4.90 Å². The molecule has 1 saturated heterocycles. The first-order valence-corrected chi connectivity index (χ1v) is 9.42. The van der Waals surface area contributed by atoms with E-state index in [4.69, 9.17) is 28.5 Å². The number of nitrogens with zero attached hydrogens (tertiary/aromatic N) is 3. The maximum Gasteiger partial charge on any atom is 0.244 e. The Morgan fingerprint density at radius 2 is 2.04 bits per heavy atom. The van der Waals surface area contributed by atoms with Crippen LogP contribution in [0.4, 0.5) is 11.4 Å². The van der Waals surface area contributed by atoms with Crippen molar-refractivity contribution in [3.05, 3.63) is 58.1 Å². The number of hydrogen-bond acceptors (Lipinski definition) is 4. The molecule has 1 unspecified atom stereocenters. The van der Waals surface area contributed by atoms with Gasteiger partial charge in [0.2, 0.25) is 11.8 Å². The van der Waals surface area contributed by atoms with Crippen molar-refractivity contribution < 1.29 is 9.59 Å². The van der Waals surface area contributed by atoms with Gasteiger partial charge in [0, 0.05) is 12.2 Å². The van der Waals surface area contributed by atoms with E-state index in [-0.39, 0.29) is 23.4 Å². The van der Waals surface area contributed by atoms with Crippen LogP contribution in [-0.4, -0.2) is 42.9 Å². The van der Waals surface area contributed by atoms with Crippen LogP contribution in [-0.2, 0) is 9.59 Å². The molecule has 3 rings (SSSR count). The molecule has 0 spiro atoms. The zero-order valence-electron chi connectivity index (χ0n) is 15.2. The predicted octanol–water partition coefficient (Wildman–Crippen LogP) is 3.54. The Balaban J connectivity index is 1.62. The molecule has 1 aliphatic heterocycles. The molecule has 1 N–H and O–H groups in total. The number of para-hydroxylation sites is 1. The maximum absolute atomic E-state index is 12.8. The van der Waals surface area contributed by atoms with Crippen molar-refractivity contribution in [1.29, 1.82) is 5.26 Å². The van der Waals surface area contributed by atoms with Crippen LogP contribution in [0.15, 0.2) is 42.5 Å². The van der Waals surface area contributed by atoms with Crippen molar-refractivity contribution in [2.45, 2.75) is 12.5 Å². The monoisotopic (exact) mass is 416 g/mol. The minimum absolute atomic E-state index is 0.0460. The summed E-state index contributed by atoms with van der Waals surface area (Å²) >= 11 is 12.2. The number of benzene rings is 2. The summed E-state index contributed by atoms with van der Waals surface area (Å²) in [6, 6.07) is 13.5. The summed E-state index contributed by atoms with van der Waals surface area (Å²) in [5.74, 6) is -0.350. The molecule has 0 radical (unpaired) electrons. The summed E-state index contributed by atoms with van der Waals surface area (Å²) in [6.45, 7) is 0.592. The van der Waals surface area contributed by atoms with Gasteiger partial charge in [-0.25, -0.2) is 0 Å². The quantitative estimate of drug-likeness (QED) is 0.808. The molecular weight excluding hydrogens is 399 g/mol. The van der Waals surface area contributed by atoms with Crippen molar-refractivity contribution in [2.24, 2.45) is 0 Å². The molecule has 1 heterocycles. The highest BCUT2D eigenvalue weighted by atomic mass is 35.5. The maximum atomic E-state index is 12.8. The first-order chi connectivity index (χ1) is 13.4. The number of amides is 2. The zero-order valence-corrected chi connectivity index (χ0v) is 16.7. The van der Waals surface area contributed by atoms with Crippen LogP contribution < -0.4 is 10.2 Å². The Morgan fingerprint density at radius 1 is 1.29 bits per heavy atom. The van der Waals surface area contributed by atoms with Gasteiger partial charge in [0.05, 0.1) is 33.9 Å². The molecule has 144 valence electrons. The van der Waals surface area contributed by atoms with Crippen LogP contribution >= 0.6 is 23.2 Å². The van der Waals surface area contributed by atoms with Gasteiger partial charge in [-0.15, -0.1) is 0 Å². The van der Waals surface area contributed by atoms with Gasteiger partial charge in [-0.05, 0) is 43.8 Å². The van der Waals surface area contributed by atoms with E-state index in [9.17, 15) is 9.59 Å². The molecule has 6 nitrogen and oxygen atoms in total. The van der Waals surface area contributed by atoms with Crippen molar-refractivity contribution in [2.75, 3.05) is 30.4 Å². The van der Waals surface area contributed by atoms with E-state index in [0.29, 0.717) is 34.9 Å². The van der Waals surface area contributed by atoms with Crippen LogP contribution in [0.25, 0.3) is 0 Å². The molecular formula is C20H18Cl2N4O2. The molecule has 0 bridgehead atoms. The van der Waals surface area contributed by atoms with Gasteiger partial charge in [-0.1, -0.05) is 35.3 Å². The largest absolute Gasteiger partial charge is 0.325 e. The van der Waals surface area contributed by atoms with Gasteiger partial charge >= 0.3 is 0 Å². The third kappa shape index (κ3) is 4.28. The molecule has 28 heavy (non-hydrogen) atoms. The molecule has 0 aromatic heterocycles. The molecule has 1 atom stereocenters. The minimum atomic E-state index is -0.397. The van der Waals surface area contributed by atoms with Crippen molar-refractivity contribution in [3.8, 4) is 6.07 Å². The lowest BCUT2D eigenvalue weighted by Gasteiger charge is -2.23. The van der Waals surface area contributed by atoms with Crippen LogP contribution in [0.1, 0.15) is 12.0 Å². The third-order valence-corrected chi connectivity index (χ3v) is 5.25. The first kappa shape index (κ1) is 20.2. The molecule has 0 aliphatic carbocycles. The second kappa shape index (κ2) is 8.61. The third-order valence-electron chi connectivity index (χ3n) is 4.62. The van der Waals surface area contributed by atoms with E-state index in [1.165, 1.54) is 6.07 Å². The van der Waals surface area contributed by atoms with E-state index in [1.807, 2.05) is 24.3 Å². The molecule has 2 amide bonds. The lowest BCUT2D eigenvalue weighted by molar-refractivity contribution is -0.123. The average molecular weight is 417 g/mol. The van der Waals surface area contributed by atoms with Crippen LogP contribution in [0.5, 0.6) is 0 Å². The van der Waals surface area contributed by atoms with Gasteiger partial charge in [0.15, 0.2) is 0 Å². The number of halogens is 2. The fourth-order valence-electron chi connectivity index (χ4n) is 3.20. The Labute approximate surface area is 173 Å². The molecule has 1 fully saturated rings. The lowest BCUT2D eigenvalue weighted by atomic mass is 10.2. The highest BCUT2D eigenvalue weighted by Crippen LogP contribution is 2.30. The number of carbonyl (C=O) groups excluding carboxylic acids is 2. The number of rotatable bonds is 5. The van der Waals surface area contributed by atoms with Crippen LogP contribution in [0.3, 0.4) is 0 Å². The fourth-order valence-corrected chi connectivity index (χ4v) is 3.66. The predicted molar refractivity (Wildman–Crippen MR) is 110 cm³/mol. The van der Waals surface area contributed by atoms with Gasteiger partial charge in [0.25, 0.3) is 0 Å². The Kier molecular flexibility index (Phi) is 6.20. The Hall–Kier alpha value is -2.59. The number of nitriles is 1. The summed E-state index contributed by atoms with van der Waals surface area (Å²) in [4.78, 5) is 28.5. The second-order valence-electron chi connectivity index (χ2n) is 6.52. The van der Waals surface area contributed by atoms with E-state index in [2.05, 4.69) is 5.32 Å². The van der Waals surface area contributed by atoms with Gasteiger partial charge < -0.3 is 10.2 Å². The number of nitrogens with one attached hydrogen (secondary N) is 1. The summed E-state index contributed by atoms with van der Waals surface area (Å²) in [6.07, 6.45) is 0.608. The molecule has 2 aromatic carbocycles. The molecule has 8 heteroatoms. The normalized spacial score (nSPS) is 16.3. The standard InChI is InChI=1S/C20H18Cl2N4O2/c1-25(12-19(27)24-14-7-6-13(11-23)16(22)10-14)18-8-9-26(20(18)28)17-5-3-2-4-15(17)21/h2-7,10,18H,8-9,12H2,1H3,(H,24,27). The van der Waals surface area contributed by atoms with E-state index in [1.54, 1.807) is 35.0 Å². The molecule has 2 aromatic rings. The van der Waals surface area contributed by atoms with E-state index >= 15 is 0 Å². The number of hydrogen-bond donors (Lipinski definition) is 1. The van der Waals surface area contributed by atoms with E-state index < -0.39 is 6.04 Å². The number of likely N-dealkylation sites (N-methyl/N-ethyl adjacent to an activating group) is 1. The van der Waals surface area contributed by atoms with Crippen molar-refractivity contribution in [3.63, 3.8) is 0 Å². The van der Waals surface area contributed by atoms with Crippen molar-refractivity contribution >= 4 is 46.4 Å². The highest BCUT2D eigenvalue weighted by Gasteiger charge is 2.36.